The summed E-state index contributed by atoms with van der Waals surface area (Å²) in [5.41, 5.74) is 0. The molecule has 5 atom stereocenters. The highest BCUT2D eigenvalue weighted by molar-refractivity contribution is 8.14. The fourth-order valence-corrected chi connectivity index (χ4v) is 3.81. The third-order valence-corrected chi connectivity index (χ3v) is 4.78. The minimum atomic E-state index is -0.121. The summed E-state index contributed by atoms with van der Waals surface area (Å²) in [5.74, 6) is 0. The Bertz CT molecular complexity index is 331. The highest BCUT2D eigenvalue weighted by Crippen LogP contribution is 2.36. The first kappa shape index (κ1) is 13.8. The lowest BCUT2D eigenvalue weighted by molar-refractivity contribution is -0.201. The molecule has 0 aromatic carbocycles. The van der Waals surface area contributed by atoms with Crippen LogP contribution in [0.3, 0.4) is 0 Å². The molecule has 0 N–H and O–H groups in total. The van der Waals surface area contributed by atoms with E-state index in [0.717, 1.165) is 25.9 Å². The predicted molar refractivity (Wildman–Crippen MR) is 70.0 cm³/mol. The highest BCUT2D eigenvalue weighted by atomic mass is 32.2. The van der Waals surface area contributed by atoms with Gasteiger partial charge in [-0.2, -0.15) is 0 Å². The van der Waals surface area contributed by atoms with E-state index in [-0.39, 0.29) is 35.0 Å². The van der Waals surface area contributed by atoms with E-state index in [0.29, 0.717) is 13.2 Å². The average Bonchev–Trinajstić information content (AvgIpc) is 2.95. The van der Waals surface area contributed by atoms with Crippen LogP contribution in [0.25, 0.3) is 0 Å². The van der Waals surface area contributed by atoms with Crippen LogP contribution < -0.4 is 0 Å². The van der Waals surface area contributed by atoms with Gasteiger partial charge in [-0.05, 0) is 19.3 Å². The summed E-state index contributed by atoms with van der Waals surface area (Å²) in [7, 11) is 0. The minimum Gasteiger partial charge on any atom is -0.371 e. The second-order valence-electron chi connectivity index (χ2n) is 5.21. The van der Waals surface area contributed by atoms with Crippen LogP contribution in [0.2, 0.25) is 0 Å². The van der Waals surface area contributed by atoms with Crippen molar-refractivity contribution in [2.24, 2.45) is 0 Å². The number of hydrogen-bond donors (Lipinski definition) is 0. The van der Waals surface area contributed by atoms with Gasteiger partial charge in [0.15, 0.2) is 11.4 Å². The van der Waals surface area contributed by atoms with E-state index >= 15 is 0 Å². The van der Waals surface area contributed by atoms with Crippen molar-refractivity contribution in [3.63, 3.8) is 0 Å². The zero-order valence-electron chi connectivity index (χ0n) is 11.1. The molecular formula is C13H20O5S. The van der Waals surface area contributed by atoms with Crippen LogP contribution in [0.5, 0.6) is 0 Å². The Kier molecular flexibility index (Phi) is 4.44. The van der Waals surface area contributed by atoms with Crippen molar-refractivity contribution < 1.29 is 23.7 Å². The first-order valence-corrected chi connectivity index (χ1v) is 7.79. The average molecular weight is 288 g/mol. The lowest BCUT2D eigenvalue weighted by atomic mass is 10.1. The first-order valence-electron chi connectivity index (χ1n) is 6.91. The number of carbonyl (C=O) groups is 1. The molecule has 3 aliphatic rings. The Morgan fingerprint density at radius 1 is 1.16 bits per heavy atom. The smallest absolute Gasteiger partial charge is 0.186 e. The topological polar surface area (TPSA) is 54.0 Å². The molecule has 5 nitrogen and oxygen atoms in total. The van der Waals surface area contributed by atoms with Gasteiger partial charge in [-0.3, -0.25) is 4.79 Å². The fraction of sp³-hybridized carbons (Fsp3) is 0.923. The number of rotatable bonds is 3. The standard InChI is InChI=1S/C13H20O5S/c1-8(14)19-10-7-17-12-9(6-16-13(10)12)18-11-4-2-3-5-15-11/h9-13H,2-7H2,1H3/t9?,10-,11?,12+,13+/m0/s1. The van der Waals surface area contributed by atoms with E-state index < -0.39 is 0 Å². The molecule has 0 spiro atoms. The summed E-state index contributed by atoms with van der Waals surface area (Å²) in [6.45, 7) is 3.45. The van der Waals surface area contributed by atoms with E-state index in [2.05, 4.69) is 0 Å². The molecule has 3 saturated heterocycles. The Morgan fingerprint density at radius 3 is 2.74 bits per heavy atom. The quantitative estimate of drug-likeness (QED) is 0.781. The second kappa shape index (κ2) is 6.10. The van der Waals surface area contributed by atoms with Gasteiger partial charge >= 0.3 is 0 Å². The lowest BCUT2D eigenvalue weighted by Gasteiger charge is -2.27. The Balaban J connectivity index is 1.54. The van der Waals surface area contributed by atoms with Crippen LogP contribution in [0.1, 0.15) is 26.2 Å². The zero-order chi connectivity index (χ0) is 13.2. The number of hydrogen-bond acceptors (Lipinski definition) is 6. The van der Waals surface area contributed by atoms with Gasteiger partial charge in [0, 0.05) is 13.5 Å². The molecule has 0 radical (unpaired) electrons. The van der Waals surface area contributed by atoms with E-state index in [1.807, 2.05) is 0 Å². The number of thioether (sulfide) groups is 1. The van der Waals surface area contributed by atoms with Gasteiger partial charge in [0.2, 0.25) is 0 Å². The Labute approximate surface area is 117 Å². The van der Waals surface area contributed by atoms with Crippen LogP contribution in [0.4, 0.5) is 0 Å². The van der Waals surface area contributed by atoms with E-state index in [1.54, 1.807) is 6.92 Å². The van der Waals surface area contributed by atoms with Crippen LogP contribution in [-0.2, 0) is 23.7 Å². The monoisotopic (exact) mass is 288 g/mol. The van der Waals surface area contributed by atoms with Gasteiger partial charge in [-0.25, -0.2) is 0 Å². The van der Waals surface area contributed by atoms with E-state index in [9.17, 15) is 4.79 Å². The predicted octanol–water partition coefficient (Wildman–Crippen LogP) is 1.34. The van der Waals surface area contributed by atoms with Crippen molar-refractivity contribution in [3.05, 3.63) is 0 Å². The van der Waals surface area contributed by atoms with Crippen LogP contribution >= 0.6 is 11.8 Å². The highest BCUT2D eigenvalue weighted by Gasteiger charge is 2.49. The van der Waals surface area contributed by atoms with Crippen molar-refractivity contribution >= 4 is 16.9 Å². The molecule has 19 heavy (non-hydrogen) atoms. The Hall–Kier alpha value is -0.140. The fourth-order valence-electron chi connectivity index (χ4n) is 2.87. The molecule has 3 heterocycles. The SMILES string of the molecule is CC(=O)S[C@H]1CO[C@@H]2C(OC3CCCCO3)CO[C@H]12. The molecule has 2 unspecified atom stereocenters. The van der Waals surface area contributed by atoms with E-state index in [1.165, 1.54) is 11.8 Å². The molecule has 0 amide bonds. The normalized spacial score (nSPS) is 42.3. The zero-order valence-corrected chi connectivity index (χ0v) is 11.9. The van der Waals surface area contributed by atoms with Crippen molar-refractivity contribution in [3.8, 4) is 0 Å². The molecule has 3 aliphatic heterocycles. The van der Waals surface area contributed by atoms with Crippen molar-refractivity contribution in [1.82, 2.24) is 0 Å². The van der Waals surface area contributed by atoms with Gasteiger partial charge in [-0.1, -0.05) is 11.8 Å². The maximum atomic E-state index is 11.2. The second-order valence-corrected chi connectivity index (χ2v) is 6.63. The molecule has 0 saturated carbocycles. The third-order valence-electron chi connectivity index (χ3n) is 3.74. The van der Waals surface area contributed by atoms with Crippen molar-refractivity contribution in [1.29, 1.82) is 0 Å². The van der Waals surface area contributed by atoms with Crippen LogP contribution in [0.15, 0.2) is 0 Å². The molecule has 0 aromatic heterocycles. The summed E-state index contributed by atoms with van der Waals surface area (Å²) in [5, 5.41) is 0.209. The minimum absolute atomic E-state index is 0.0255. The van der Waals surface area contributed by atoms with Crippen molar-refractivity contribution in [2.45, 2.75) is 56.0 Å². The van der Waals surface area contributed by atoms with Gasteiger partial charge < -0.3 is 18.9 Å². The molecule has 3 rings (SSSR count). The van der Waals surface area contributed by atoms with E-state index in [4.69, 9.17) is 18.9 Å². The third kappa shape index (κ3) is 3.13. The van der Waals surface area contributed by atoms with Crippen molar-refractivity contribution in [2.75, 3.05) is 19.8 Å². The maximum Gasteiger partial charge on any atom is 0.186 e. The number of fused-ring (bicyclic) bond motifs is 1. The molecule has 0 aromatic rings. The van der Waals surface area contributed by atoms with Gasteiger partial charge in [-0.15, -0.1) is 0 Å². The molecule has 3 fully saturated rings. The molecule has 108 valence electrons. The maximum absolute atomic E-state index is 11.2. The summed E-state index contributed by atoms with van der Waals surface area (Å²) in [6, 6.07) is 0. The molecule has 0 aliphatic carbocycles. The number of ether oxygens (including phenoxy) is 4. The molecular weight excluding hydrogens is 268 g/mol. The molecule has 0 bridgehead atoms. The van der Waals surface area contributed by atoms with Crippen LogP contribution in [-0.4, -0.2) is 54.8 Å². The van der Waals surface area contributed by atoms with Gasteiger partial charge in [0.25, 0.3) is 0 Å². The van der Waals surface area contributed by atoms with Gasteiger partial charge in [0.1, 0.15) is 18.3 Å². The molecule has 6 heteroatoms. The van der Waals surface area contributed by atoms with Gasteiger partial charge in [0.05, 0.1) is 18.5 Å². The summed E-state index contributed by atoms with van der Waals surface area (Å²) >= 11 is 1.31. The first-order chi connectivity index (χ1) is 9.24. The van der Waals surface area contributed by atoms with Crippen LogP contribution in [0, 0.1) is 0 Å². The summed E-state index contributed by atoms with van der Waals surface area (Å²) < 4.78 is 23.1. The summed E-state index contributed by atoms with van der Waals surface area (Å²) in [6.07, 6.45) is 2.94. The largest absolute Gasteiger partial charge is 0.371 e. The Morgan fingerprint density at radius 2 is 2.00 bits per heavy atom. The lowest BCUT2D eigenvalue weighted by Crippen LogP contribution is -2.36. The number of carbonyl (C=O) groups excluding carboxylic acids is 1. The summed E-state index contributed by atoms with van der Waals surface area (Å²) in [4.78, 5) is 11.2.